The molecule has 0 saturated heterocycles. The second-order valence-electron chi connectivity index (χ2n) is 4.30. The van der Waals surface area contributed by atoms with E-state index >= 15 is 0 Å². The summed E-state index contributed by atoms with van der Waals surface area (Å²) in [5.41, 5.74) is 8.89. The molecule has 0 radical (unpaired) electrons. The average Bonchev–Trinajstić information content (AvgIpc) is 2.90. The van der Waals surface area contributed by atoms with Crippen LogP contribution >= 0.6 is 11.3 Å². The number of nitrogen functional groups attached to an aromatic ring is 1. The van der Waals surface area contributed by atoms with Crippen LogP contribution in [0.4, 0.5) is 5.13 Å². The van der Waals surface area contributed by atoms with Crippen LogP contribution in [-0.2, 0) is 0 Å². The molecule has 20 heavy (non-hydrogen) atoms. The van der Waals surface area contributed by atoms with Crippen LogP contribution in [0.3, 0.4) is 0 Å². The molecule has 4 heteroatoms. The van der Waals surface area contributed by atoms with Gasteiger partial charge in [0.25, 0.3) is 0 Å². The summed E-state index contributed by atoms with van der Waals surface area (Å²) in [6.07, 6.45) is 0. The first-order chi connectivity index (χ1) is 9.79. The minimum absolute atomic E-state index is 0.560. The van der Waals surface area contributed by atoms with Gasteiger partial charge in [-0.25, -0.2) is 4.98 Å². The maximum atomic E-state index is 5.91. The Balaban J connectivity index is 2.20. The van der Waals surface area contributed by atoms with Crippen LogP contribution in [0.25, 0.3) is 21.7 Å². The van der Waals surface area contributed by atoms with Gasteiger partial charge in [0.2, 0.25) is 0 Å². The van der Waals surface area contributed by atoms with E-state index in [1.807, 2.05) is 54.6 Å². The first kappa shape index (κ1) is 12.7. The lowest BCUT2D eigenvalue weighted by Gasteiger charge is -2.08. The maximum Gasteiger partial charge on any atom is 0.181 e. The van der Waals surface area contributed by atoms with E-state index in [1.54, 1.807) is 7.11 Å². The topological polar surface area (TPSA) is 48.1 Å². The first-order valence-electron chi connectivity index (χ1n) is 6.24. The SMILES string of the molecule is COc1ccccc1-c1sc(N)nc1-c1ccccc1. The lowest BCUT2D eigenvalue weighted by molar-refractivity contribution is 0.416. The van der Waals surface area contributed by atoms with Crippen LogP contribution in [-0.4, -0.2) is 12.1 Å². The summed E-state index contributed by atoms with van der Waals surface area (Å²) in [5, 5.41) is 0.560. The summed E-state index contributed by atoms with van der Waals surface area (Å²) in [7, 11) is 1.67. The summed E-state index contributed by atoms with van der Waals surface area (Å²) in [5.74, 6) is 0.827. The molecule has 3 rings (SSSR count). The second-order valence-corrected chi connectivity index (χ2v) is 5.33. The Bertz CT molecular complexity index is 722. The fraction of sp³-hybridized carbons (Fsp3) is 0.0625. The van der Waals surface area contributed by atoms with Crippen molar-refractivity contribution >= 4 is 16.5 Å². The number of nitrogens with two attached hydrogens (primary N) is 1. The van der Waals surface area contributed by atoms with Crippen molar-refractivity contribution in [3.63, 3.8) is 0 Å². The minimum atomic E-state index is 0.560. The molecule has 0 unspecified atom stereocenters. The molecule has 0 amide bonds. The van der Waals surface area contributed by atoms with Gasteiger partial charge in [0, 0.05) is 11.1 Å². The average molecular weight is 282 g/mol. The molecule has 3 aromatic rings. The van der Waals surface area contributed by atoms with Crippen molar-refractivity contribution < 1.29 is 4.74 Å². The van der Waals surface area contributed by atoms with Gasteiger partial charge < -0.3 is 10.5 Å². The van der Waals surface area contributed by atoms with E-state index in [4.69, 9.17) is 10.5 Å². The normalized spacial score (nSPS) is 10.4. The number of hydrogen-bond donors (Lipinski definition) is 1. The van der Waals surface area contributed by atoms with Gasteiger partial charge >= 0.3 is 0 Å². The zero-order valence-corrected chi connectivity index (χ0v) is 11.9. The van der Waals surface area contributed by atoms with Gasteiger partial charge in [-0.1, -0.05) is 53.8 Å². The molecule has 100 valence electrons. The number of rotatable bonds is 3. The van der Waals surface area contributed by atoms with E-state index in [-0.39, 0.29) is 0 Å². The van der Waals surface area contributed by atoms with Gasteiger partial charge in [-0.05, 0) is 12.1 Å². The number of para-hydroxylation sites is 1. The summed E-state index contributed by atoms with van der Waals surface area (Å²) >= 11 is 1.48. The van der Waals surface area contributed by atoms with Crippen molar-refractivity contribution in [1.29, 1.82) is 0 Å². The molecule has 0 aliphatic carbocycles. The number of nitrogens with zero attached hydrogens (tertiary/aromatic N) is 1. The highest BCUT2D eigenvalue weighted by atomic mass is 32.1. The van der Waals surface area contributed by atoms with Crippen LogP contribution in [0.1, 0.15) is 0 Å². The summed E-state index contributed by atoms with van der Waals surface area (Å²) in [6, 6.07) is 18.0. The molecular formula is C16H14N2OS. The molecular weight excluding hydrogens is 268 g/mol. The Hall–Kier alpha value is -2.33. The van der Waals surface area contributed by atoms with E-state index in [9.17, 15) is 0 Å². The number of thiazole rings is 1. The number of aromatic nitrogens is 1. The lowest BCUT2D eigenvalue weighted by Crippen LogP contribution is -1.88. The summed E-state index contributed by atoms with van der Waals surface area (Å²) in [4.78, 5) is 5.51. The van der Waals surface area contributed by atoms with E-state index in [0.717, 1.165) is 27.4 Å². The number of methoxy groups -OCH3 is 1. The van der Waals surface area contributed by atoms with E-state index in [1.165, 1.54) is 11.3 Å². The third kappa shape index (κ3) is 2.26. The molecule has 0 atom stereocenters. The highest BCUT2D eigenvalue weighted by molar-refractivity contribution is 7.19. The van der Waals surface area contributed by atoms with Crippen LogP contribution in [0.5, 0.6) is 5.75 Å². The highest BCUT2D eigenvalue weighted by Crippen LogP contribution is 2.41. The Morgan fingerprint density at radius 1 is 1.00 bits per heavy atom. The number of anilines is 1. The molecule has 0 spiro atoms. The number of benzene rings is 2. The van der Waals surface area contributed by atoms with Gasteiger partial charge in [-0.3, -0.25) is 0 Å². The lowest BCUT2D eigenvalue weighted by atomic mass is 10.1. The van der Waals surface area contributed by atoms with Crippen LogP contribution in [0.2, 0.25) is 0 Å². The zero-order valence-electron chi connectivity index (χ0n) is 11.0. The molecule has 0 aliphatic rings. The largest absolute Gasteiger partial charge is 0.496 e. The molecule has 2 aromatic carbocycles. The molecule has 0 saturated carbocycles. The van der Waals surface area contributed by atoms with Crippen molar-refractivity contribution in [3.8, 4) is 27.4 Å². The van der Waals surface area contributed by atoms with Crippen LogP contribution in [0, 0.1) is 0 Å². The fourth-order valence-electron chi connectivity index (χ4n) is 2.14. The minimum Gasteiger partial charge on any atom is -0.496 e. The van der Waals surface area contributed by atoms with Crippen molar-refractivity contribution in [1.82, 2.24) is 4.98 Å². The van der Waals surface area contributed by atoms with Gasteiger partial charge in [0.1, 0.15) is 5.75 Å². The summed E-state index contributed by atoms with van der Waals surface area (Å²) in [6.45, 7) is 0. The zero-order chi connectivity index (χ0) is 13.9. The van der Waals surface area contributed by atoms with E-state index < -0.39 is 0 Å². The van der Waals surface area contributed by atoms with Crippen molar-refractivity contribution in [3.05, 3.63) is 54.6 Å². The Morgan fingerprint density at radius 2 is 1.70 bits per heavy atom. The molecule has 3 nitrogen and oxygen atoms in total. The maximum absolute atomic E-state index is 5.91. The molecule has 2 N–H and O–H groups in total. The van der Waals surface area contributed by atoms with E-state index in [2.05, 4.69) is 4.98 Å². The van der Waals surface area contributed by atoms with Crippen molar-refractivity contribution in [2.45, 2.75) is 0 Å². The monoisotopic (exact) mass is 282 g/mol. The molecule has 1 heterocycles. The van der Waals surface area contributed by atoms with Crippen molar-refractivity contribution in [2.24, 2.45) is 0 Å². The predicted molar refractivity (Wildman–Crippen MR) is 84.0 cm³/mol. The van der Waals surface area contributed by atoms with Gasteiger partial charge in [-0.15, -0.1) is 0 Å². The van der Waals surface area contributed by atoms with Gasteiger partial charge in [0.05, 0.1) is 17.7 Å². The Kier molecular flexibility index (Phi) is 3.39. The fourth-order valence-corrected chi connectivity index (χ4v) is 3.03. The number of ether oxygens (including phenoxy) is 1. The highest BCUT2D eigenvalue weighted by Gasteiger charge is 2.16. The Labute approximate surface area is 121 Å². The smallest absolute Gasteiger partial charge is 0.181 e. The van der Waals surface area contributed by atoms with E-state index in [0.29, 0.717) is 5.13 Å². The molecule has 0 aliphatic heterocycles. The predicted octanol–water partition coefficient (Wildman–Crippen LogP) is 4.07. The quantitative estimate of drug-likeness (QED) is 0.787. The Morgan fingerprint density at radius 3 is 2.45 bits per heavy atom. The molecule has 0 bridgehead atoms. The van der Waals surface area contributed by atoms with Crippen molar-refractivity contribution in [2.75, 3.05) is 12.8 Å². The summed E-state index contributed by atoms with van der Waals surface area (Å²) < 4.78 is 5.44. The second kappa shape index (κ2) is 5.35. The number of hydrogen-bond acceptors (Lipinski definition) is 4. The van der Waals surface area contributed by atoms with Crippen LogP contribution < -0.4 is 10.5 Å². The van der Waals surface area contributed by atoms with Gasteiger partial charge in [-0.2, -0.15) is 0 Å². The van der Waals surface area contributed by atoms with Crippen LogP contribution in [0.15, 0.2) is 54.6 Å². The third-order valence-corrected chi connectivity index (χ3v) is 3.96. The molecule has 1 aromatic heterocycles. The first-order valence-corrected chi connectivity index (χ1v) is 7.06. The molecule has 0 fully saturated rings. The third-order valence-electron chi connectivity index (χ3n) is 3.04. The standard InChI is InChI=1S/C16H14N2OS/c1-19-13-10-6-5-9-12(13)15-14(18-16(17)20-15)11-7-3-2-4-8-11/h2-10H,1H3,(H2,17,18). The van der Waals surface area contributed by atoms with Gasteiger partial charge in [0.15, 0.2) is 5.13 Å².